The van der Waals surface area contributed by atoms with E-state index in [1.54, 1.807) is 60.9 Å². The molecule has 2 N–H and O–H groups in total. The summed E-state index contributed by atoms with van der Waals surface area (Å²) in [6.07, 6.45) is 0. The van der Waals surface area contributed by atoms with Crippen LogP contribution in [0.5, 0.6) is 5.75 Å². The Hall–Kier alpha value is -3.67. The number of benzene rings is 3. The molecular weight excluding hydrogens is 522 g/mol. The highest BCUT2D eigenvalue weighted by Crippen LogP contribution is 2.31. The van der Waals surface area contributed by atoms with Gasteiger partial charge in [0.2, 0.25) is 0 Å². The first-order valence-corrected chi connectivity index (χ1v) is 14.6. The summed E-state index contributed by atoms with van der Waals surface area (Å²) in [5.41, 5.74) is 1.50. The molecule has 1 aliphatic rings. The van der Waals surface area contributed by atoms with Gasteiger partial charge < -0.3 is 15.0 Å². The van der Waals surface area contributed by atoms with E-state index in [1.165, 1.54) is 12.1 Å². The summed E-state index contributed by atoms with van der Waals surface area (Å²) in [6.45, 7) is 4.60. The topological polar surface area (TPSA) is 104 Å². The Morgan fingerprint density at radius 2 is 1.74 bits per heavy atom. The number of thiazole rings is 1. The second-order valence-corrected chi connectivity index (χ2v) is 11.6. The van der Waals surface area contributed by atoms with Crippen LogP contribution in [0.3, 0.4) is 0 Å². The molecule has 198 valence electrons. The van der Waals surface area contributed by atoms with Crippen LogP contribution >= 0.6 is 11.3 Å². The lowest BCUT2D eigenvalue weighted by Gasteiger charge is -2.34. The van der Waals surface area contributed by atoms with E-state index >= 15 is 0 Å². The van der Waals surface area contributed by atoms with Gasteiger partial charge in [0.1, 0.15) is 5.75 Å². The van der Waals surface area contributed by atoms with Crippen molar-refractivity contribution >= 4 is 48.3 Å². The van der Waals surface area contributed by atoms with Crippen molar-refractivity contribution in [3.8, 4) is 5.75 Å². The zero-order chi connectivity index (χ0) is 26.5. The number of carbonyl (C=O) groups excluding carboxylic acids is 1. The maximum Gasteiger partial charge on any atom is 0.261 e. The number of amides is 1. The Morgan fingerprint density at radius 3 is 2.50 bits per heavy atom. The molecule has 4 aromatic rings. The maximum absolute atomic E-state index is 12.9. The molecular formula is C27H29N5O4S2. The molecule has 0 saturated carbocycles. The number of aromatic nitrogens is 1. The van der Waals surface area contributed by atoms with Crippen molar-refractivity contribution in [2.75, 3.05) is 56.0 Å². The Morgan fingerprint density at radius 1 is 1.00 bits per heavy atom. The van der Waals surface area contributed by atoms with Crippen LogP contribution in [0.1, 0.15) is 10.4 Å². The summed E-state index contributed by atoms with van der Waals surface area (Å²) >= 11 is 1.67. The highest BCUT2D eigenvalue weighted by atomic mass is 32.2. The number of rotatable bonds is 9. The molecule has 0 bridgehead atoms. The first-order valence-electron chi connectivity index (χ1n) is 12.3. The predicted molar refractivity (Wildman–Crippen MR) is 151 cm³/mol. The molecule has 0 atom stereocenters. The number of piperazine rings is 1. The van der Waals surface area contributed by atoms with Gasteiger partial charge >= 0.3 is 0 Å². The smallest absolute Gasteiger partial charge is 0.261 e. The zero-order valence-electron chi connectivity index (χ0n) is 21.0. The fourth-order valence-corrected chi connectivity index (χ4v) is 6.46. The van der Waals surface area contributed by atoms with Crippen molar-refractivity contribution < 1.29 is 17.9 Å². The van der Waals surface area contributed by atoms with Gasteiger partial charge in [0, 0.05) is 39.3 Å². The molecule has 0 spiro atoms. The summed E-state index contributed by atoms with van der Waals surface area (Å²) in [4.78, 5) is 22.4. The lowest BCUT2D eigenvalue weighted by molar-refractivity contribution is 0.0948. The van der Waals surface area contributed by atoms with Crippen molar-refractivity contribution in [1.82, 2.24) is 15.2 Å². The summed E-state index contributed by atoms with van der Waals surface area (Å²) < 4.78 is 34.5. The first kappa shape index (κ1) is 26.0. The van der Waals surface area contributed by atoms with Crippen molar-refractivity contribution in [2.45, 2.75) is 4.90 Å². The minimum Gasteiger partial charge on any atom is -0.497 e. The van der Waals surface area contributed by atoms with Gasteiger partial charge in [-0.05, 0) is 42.5 Å². The van der Waals surface area contributed by atoms with E-state index in [2.05, 4.69) is 19.8 Å². The lowest BCUT2D eigenvalue weighted by Crippen LogP contribution is -2.48. The average molecular weight is 552 g/mol. The third-order valence-electron chi connectivity index (χ3n) is 6.41. The molecule has 11 heteroatoms. The third-order valence-corrected chi connectivity index (χ3v) is 8.87. The van der Waals surface area contributed by atoms with Gasteiger partial charge in [-0.2, -0.15) is 0 Å². The molecule has 3 aromatic carbocycles. The molecule has 0 aliphatic carbocycles. The first-order chi connectivity index (χ1) is 18.4. The summed E-state index contributed by atoms with van der Waals surface area (Å²) in [5.74, 6) is 0.510. The number of nitrogens with one attached hydrogen (secondary N) is 2. The van der Waals surface area contributed by atoms with Crippen LogP contribution in [-0.2, 0) is 10.0 Å². The molecule has 38 heavy (non-hydrogen) atoms. The van der Waals surface area contributed by atoms with Crippen LogP contribution < -0.4 is 19.7 Å². The van der Waals surface area contributed by atoms with Crippen LogP contribution in [0, 0.1) is 0 Å². The van der Waals surface area contributed by atoms with Gasteiger partial charge in [-0.3, -0.25) is 14.4 Å². The molecule has 9 nitrogen and oxygen atoms in total. The quantitative estimate of drug-likeness (QED) is 0.327. The van der Waals surface area contributed by atoms with Gasteiger partial charge in [-0.15, -0.1) is 0 Å². The van der Waals surface area contributed by atoms with E-state index < -0.39 is 10.0 Å². The normalized spacial score (nSPS) is 14.4. The van der Waals surface area contributed by atoms with Gasteiger partial charge in [0.25, 0.3) is 15.9 Å². The van der Waals surface area contributed by atoms with E-state index in [1.807, 2.05) is 18.2 Å². The number of anilines is 2. The number of carbonyl (C=O) groups is 1. The number of sulfonamides is 1. The van der Waals surface area contributed by atoms with Crippen molar-refractivity contribution in [3.63, 3.8) is 0 Å². The van der Waals surface area contributed by atoms with E-state index in [-0.39, 0.29) is 22.1 Å². The van der Waals surface area contributed by atoms with Gasteiger partial charge in [-0.1, -0.05) is 41.7 Å². The molecule has 1 aliphatic heterocycles. The van der Waals surface area contributed by atoms with Crippen molar-refractivity contribution in [1.29, 1.82) is 0 Å². The van der Waals surface area contributed by atoms with Crippen LogP contribution in [0.2, 0.25) is 0 Å². The number of fused-ring (bicyclic) bond motifs is 1. The van der Waals surface area contributed by atoms with Crippen LogP contribution in [0.15, 0.2) is 77.7 Å². The highest BCUT2D eigenvalue weighted by molar-refractivity contribution is 7.92. The minimum atomic E-state index is -3.80. The molecule has 1 aromatic heterocycles. The van der Waals surface area contributed by atoms with Gasteiger partial charge in [0.15, 0.2) is 5.13 Å². The number of hydrogen-bond donors (Lipinski definition) is 2. The molecule has 1 amide bonds. The number of methoxy groups -OCH3 is 1. The van der Waals surface area contributed by atoms with Crippen molar-refractivity contribution in [3.05, 3.63) is 78.4 Å². The third kappa shape index (κ3) is 5.90. The standard InChI is InChI=1S/C27H29N5O4S2/c1-36-20-11-12-24-25(19-20)37-27(29-24)32-17-15-31(16-18-32)14-13-28-26(33)22-9-5-6-10-23(22)30-38(34,35)21-7-3-2-4-8-21/h2-12,19,30H,13-18H2,1H3,(H,28,33). The fraction of sp³-hybridized carbons (Fsp3) is 0.259. The van der Waals surface area contributed by atoms with Gasteiger partial charge in [0.05, 0.1) is 33.5 Å². The van der Waals surface area contributed by atoms with E-state index in [9.17, 15) is 13.2 Å². The number of hydrogen-bond acceptors (Lipinski definition) is 8. The molecule has 1 saturated heterocycles. The van der Waals surface area contributed by atoms with Crippen molar-refractivity contribution in [2.24, 2.45) is 0 Å². The van der Waals surface area contributed by atoms with Crippen LogP contribution in [0.4, 0.5) is 10.8 Å². The average Bonchev–Trinajstić information content (AvgIpc) is 3.37. The second kappa shape index (κ2) is 11.4. The van der Waals surface area contributed by atoms with E-state index in [4.69, 9.17) is 9.72 Å². The maximum atomic E-state index is 12.9. The number of ether oxygens (including phenoxy) is 1. The molecule has 2 heterocycles. The van der Waals surface area contributed by atoms with E-state index in [0.717, 1.165) is 47.3 Å². The highest BCUT2D eigenvalue weighted by Gasteiger charge is 2.21. The number of nitrogens with zero attached hydrogens (tertiary/aromatic N) is 3. The summed E-state index contributed by atoms with van der Waals surface area (Å²) in [6, 6.07) is 20.6. The largest absolute Gasteiger partial charge is 0.497 e. The van der Waals surface area contributed by atoms with Crippen LogP contribution in [-0.4, -0.2) is 70.6 Å². The zero-order valence-corrected chi connectivity index (χ0v) is 22.6. The van der Waals surface area contributed by atoms with Gasteiger partial charge in [-0.25, -0.2) is 13.4 Å². The summed E-state index contributed by atoms with van der Waals surface area (Å²) in [5, 5.41) is 3.94. The fourth-order valence-electron chi connectivity index (χ4n) is 4.31. The minimum absolute atomic E-state index is 0.139. The predicted octanol–water partition coefficient (Wildman–Crippen LogP) is 3.66. The Kier molecular flexibility index (Phi) is 7.77. The Balaban J connectivity index is 1.13. The molecule has 0 unspecified atom stereocenters. The van der Waals surface area contributed by atoms with E-state index in [0.29, 0.717) is 13.1 Å². The molecule has 1 fully saturated rings. The second-order valence-electron chi connectivity index (χ2n) is 8.88. The lowest BCUT2D eigenvalue weighted by atomic mass is 10.1. The molecule has 0 radical (unpaired) electrons. The molecule has 5 rings (SSSR count). The number of para-hydroxylation sites is 1. The Labute approximate surface area is 226 Å². The Bertz CT molecular complexity index is 1520. The van der Waals surface area contributed by atoms with Crippen LogP contribution in [0.25, 0.3) is 10.2 Å². The SMILES string of the molecule is COc1ccc2nc(N3CCN(CCNC(=O)c4ccccc4NS(=O)(=O)c4ccccc4)CC3)sc2c1. The summed E-state index contributed by atoms with van der Waals surface area (Å²) in [7, 11) is -2.14. The monoisotopic (exact) mass is 551 g/mol.